The number of nitrogens with one attached hydrogen (secondary N) is 2. The van der Waals surface area contributed by atoms with Crippen LogP contribution in [-0.4, -0.2) is 39.8 Å². The maximum Gasteiger partial charge on any atom is 0.236 e. The second-order valence-corrected chi connectivity index (χ2v) is 6.08. The van der Waals surface area contributed by atoms with Gasteiger partial charge in [-0.15, -0.1) is 12.4 Å². The number of halogens is 1. The van der Waals surface area contributed by atoms with Gasteiger partial charge >= 0.3 is 0 Å². The third-order valence-electron chi connectivity index (χ3n) is 2.24. The quantitative estimate of drug-likeness (QED) is 0.621. The molecule has 0 spiro atoms. The van der Waals surface area contributed by atoms with Gasteiger partial charge in [-0.1, -0.05) is 0 Å². The van der Waals surface area contributed by atoms with Gasteiger partial charge in [-0.2, -0.15) is 0 Å². The molecule has 1 aromatic rings. The topological polar surface area (TPSA) is 111 Å². The molecule has 1 atom stereocenters. The van der Waals surface area contributed by atoms with Crippen molar-refractivity contribution in [2.45, 2.75) is 13.0 Å². The third kappa shape index (κ3) is 8.38. The molecule has 1 rings (SSSR count). The molecule has 0 bridgehead atoms. The summed E-state index contributed by atoms with van der Waals surface area (Å²) in [6.45, 7) is 2.25. The summed E-state index contributed by atoms with van der Waals surface area (Å²) in [5.74, 6) is 0.348. The third-order valence-corrected chi connectivity index (χ3v) is 2.85. The Morgan fingerprint density at radius 1 is 1.33 bits per heavy atom. The fraction of sp³-hybridized carbons (Fsp3) is 0.417. The average molecular weight is 338 g/mol. The van der Waals surface area contributed by atoms with Crippen molar-refractivity contribution in [1.29, 1.82) is 0 Å². The first-order chi connectivity index (χ1) is 9.28. The highest BCUT2D eigenvalue weighted by Gasteiger charge is 2.05. The van der Waals surface area contributed by atoms with Crippen LogP contribution in [0.4, 0.5) is 5.69 Å². The fourth-order valence-corrected chi connectivity index (χ4v) is 1.90. The van der Waals surface area contributed by atoms with Crippen LogP contribution in [0.1, 0.15) is 6.92 Å². The van der Waals surface area contributed by atoms with Crippen LogP contribution >= 0.6 is 12.4 Å². The van der Waals surface area contributed by atoms with Gasteiger partial charge in [-0.25, -0.2) is 8.42 Å². The van der Waals surface area contributed by atoms with E-state index < -0.39 is 16.1 Å². The SMILES string of the molecule is CC(N)C(=O)NCCOc1ccc(NS(C)(=O)=O)cc1.Cl. The van der Waals surface area contributed by atoms with Gasteiger partial charge in [0.15, 0.2) is 0 Å². The van der Waals surface area contributed by atoms with Crippen molar-refractivity contribution >= 4 is 34.0 Å². The molecule has 21 heavy (non-hydrogen) atoms. The van der Waals surface area contributed by atoms with Crippen molar-refractivity contribution < 1.29 is 17.9 Å². The van der Waals surface area contributed by atoms with E-state index >= 15 is 0 Å². The van der Waals surface area contributed by atoms with E-state index in [9.17, 15) is 13.2 Å². The Bertz CT molecular complexity index is 546. The Morgan fingerprint density at radius 2 is 1.90 bits per heavy atom. The summed E-state index contributed by atoms with van der Waals surface area (Å²) < 4.78 is 29.8. The van der Waals surface area contributed by atoms with Crippen LogP contribution in [0.3, 0.4) is 0 Å². The number of hydrogen-bond acceptors (Lipinski definition) is 5. The molecule has 7 nitrogen and oxygen atoms in total. The molecule has 120 valence electrons. The van der Waals surface area contributed by atoms with Crippen molar-refractivity contribution in [2.75, 3.05) is 24.1 Å². The van der Waals surface area contributed by atoms with Gasteiger partial charge in [0.05, 0.1) is 18.8 Å². The van der Waals surface area contributed by atoms with Crippen LogP contribution in [0.2, 0.25) is 0 Å². The van der Waals surface area contributed by atoms with Crippen molar-refractivity contribution in [2.24, 2.45) is 5.73 Å². The zero-order chi connectivity index (χ0) is 15.2. The van der Waals surface area contributed by atoms with Gasteiger partial charge in [-0.3, -0.25) is 9.52 Å². The maximum atomic E-state index is 11.2. The Kier molecular flexibility index (Phi) is 8.08. The first-order valence-corrected chi connectivity index (χ1v) is 7.91. The minimum atomic E-state index is -3.28. The number of hydrogen-bond donors (Lipinski definition) is 3. The molecular formula is C12H20ClN3O4S. The summed E-state index contributed by atoms with van der Waals surface area (Å²) in [7, 11) is -3.28. The molecule has 0 aromatic heterocycles. The van der Waals surface area contributed by atoms with Gasteiger partial charge in [0.25, 0.3) is 0 Å². The Hall–Kier alpha value is -1.51. The van der Waals surface area contributed by atoms with E-state index in [1.54, 1.807) is 31.2 Å². The lowest BCUT2D eigenvalue weighted by Crippen LogP contribution is -2.40. The summed E-state index contributed by atoms with van der Waals surface area (Å²) in [4.78, 5) is 11.2. The summed E-state index contributed by atoms with van der Waals surface area (Å²) in [5.41, 5.74) is 5.85. The monoisotopic (exact) mass is 337 g/mol. The molecule has 0 fully saturated rings. The minimum absolute atomic E-state index is 0. The van der Waals surface area contributed by atoms with E-state index in [0.717, 1.165) is 6.26 Å². The van der Waals surface area contributed by atoms with Crippen molar-refractivity contribution in [1.82, 2.24) is 5.32 Å². The minimum Gasteiger partial charge on any atom is -0.492 e. The second kappa shape index (κ2) is 8.71. The normalized spacial score (nSPS) is 12.0. The van der Waals surface area contributed by atoms with E-state index in [4.69, 9.17) is 10.5 Å². The van der Waals surface area contributed by atoms with Crippen molar-refractivity contribution in [3.63, 3.8) is 0 Å². The molecule has 0 aliphatic carbocycles. The number of ether oxygens (including phenoxy) is 1. The average Bonchev–Trinajstić information content (AvgIpc) is 2.34. The van der Waals surface area contributed by atoms with Crippen molar-refractivity contribution in [3.05, 3.63) is 24.3 Å². The smallest absolute Gasteiger partial charge is 0.236 e. The molecule has 9 heteroatoms. The summed E-state index contributed by atoms with van der Waals surface area (Å²) in [6.07, 6.45) is 1.08. The number of carbonyl (C=O) groups is 1. The fourth-order valence-electron chi connectivity index (χ4n) is 1.34. The van der Waals surface area contributed by atoms with Gasteiger partial charge in [0.2, 0.25) is 15.9 Å². The number of anilines is 1. The molecule has 0 aliphatic heterocycles. The lowest BCUT2D eigenvalue weighted by atomic mass is 10.3. The first-order valence-electron chi connectivity index (χ1n) is 6.02. The predicted molar refractivity (Wildman–Crippen MR) is 84.3 cm³/mol. The van der Waals surface area contributed by atoms with E-state index in [1.807, 2.05) is 0 Å². The summed E-state index contributed by atoms with van der Waals surface area (Å²) in [6, 6.07) is 5.92. The van der Waals surface area contributed by atoms with Crippen LogP contribution in [-0.2, 0) is 14.8 Å². The second-order valence-electron chi connectivity index (χ2n) is 4.33. The highest BCUT2D eigenvalue weighted by molar-refractivity contribution is 7.92. The van der Waals surface area contributed by atoms with E-state index in [2.05, 4.69) is 10.0 Å². The molecule has 0 saturated carbocycles. The standard InChI is InChI=1S/C12H19N3O4S.ClH/c1-9(13)12(16)14-7-8-19-11-5-3-10(4-6-11)15-20(2,17)18;/h3-6,9,15H,7-8,13H2,1-2H3,(H,14,16);1H. The molecule has 0 aliphatic rings. The zero-order valence-electron chi connectivity index (χ0n) is 11.8. The Morgan fingerprint density at radius 3 is 2.38 bits per heavy atom. The summed E-state index contributed by atoms with van der Waals surface area (Å²) >= 11 is 0. The van der Waals surface area contributed by atoms with E-state index in [-0.39, 0.29) is 18.3 Å². The lowest BCUT2D eigenvalue weighted by Gasteiger charge is -2.10. The predicted octanol–water partition coefficient (Wildman–Crippen LogP) is 0.322. The van der Waals surface area contributed by atoms with Crippen LogP contribution in [0.25, 0.3) is 0 Å². The zero-order valence-corrected chi connectivity index (χ0v) is 13.5. The van der Waals surface area contributed by atoms with E-state index in [0.29, 0.717) is 24.6 Å². The first kappa shape index (κ1) is 19.5. The van der Waals surface area contributed by atoms with Crippen LogP contribution < -0.4 is 20.5 Å². The highest BCUT2D eigenvalue weighted by atomic mass is 35.5. The lowest BCUT2D eigenvalue weighted by molar-refractivity contribution is -0.122. The molecule has 4 N–H and O–H groups in total. The van der Waals surface area contributed by atoms with Gasteiger partial charge in [0.1, 0.15) is 12.4 Å². The number of amides is 1. The molecule has 1 amide bonds. The van der Waals surface area contributed by atoms with Crippen molar-refractivity contribution in [3.8, 4) is 5.75 Å². The summed E-state index contributed by atoms with van der Waals surface area (Å²) in [5, 5.41) is 2.61. The molecule has 0 saturated heterocycles. The molecule has 1 aromatic carbocycles. The molecular weight excluding hydrogens is 318 g/mol. The van der Waals surface area contributed by atoms with Crippen LogP contribution in [0.15, 0.2) is 24.3 Å². The molecule has 1 unspecified atom stereocenters. The number of carbonyl (C=O) groups excluding carboxylic acids is 1. The highest BCUT2D eigenvalue weighted by Crippen LogP contribution is 2.16. The Balaban J connectivity index is 0.00000400. The Labute approximate surface area is 130 Å². The largest absolute Gasteiger partial charge is 0.492 e. The van der Waals surface area contributed by atoms with Gasteiger partial charge in [-0.05, 0) is 31.2 Å². The molecule has 0 radical (unpaired) electrons. The number of rotatable bonds is 7. The van der Waals surface area contributed by atoms with Gasteiger partial charge < -0.3 is 15.8 Å². The number of sulfonamides is 1. The number of benzene rings is 1. The van der Waals surface area contributed by atoms with Crippen LogP contribution in [0.5, 0.6) is 5.75 Å². The van der Waals surface area contributed by atoms with E-state index in [1.165, 1.54) is 0 Å². The van der Waals surface area contributed by atoms with Gasteiger partial charge in [0, 0.05) is 5.69 Å². The molecule has 0 heterocycles. The maximum absolute atomic E-state index is 11.2. The number of nitrogens with two attached hydrogens (primary N) is 1. The van der Waals surface area contributed by atoms with Crippen LogP contribution in [0, 0.1) is 0 Å².